The Hall–Kier alpha value is -1.49. The Morgan fingerprint density at radius 2 is 2.05 bits per heavy atom. The first-order valence-corrected chi connectivity index (χ1v) is 7.26. The van der Waals surface area contributed by atoms with E-state index in [1.54, 1.807) is 0 Å². The van der Waals surface area contributed by atoms with Crippen molar-refractivity contribution in [3.63, 3.8) is 0 Å². The Morgan fingerprint density at radius 1 is 1.30 bits per heavy atom. The molecule has 1 aromatic rings. The van der Waals surface area contributed by atoms with E-state index in [0.717, 1.165) is 31.6 Å². The van der Waals surface area contributed by atoms with Gasteiger partial charge in [0.05, 0.1) is 12.3 Å². The summed E-state index contributed by atoms with van der Waals surface area (Å²) in [7, 11) is 2.00. The molecule has 0 bridgehead atoms. The Kier molecular flexibility index (Phi) is 7.15. The average molecular weight is 281 g/mol. The highest BCUT2D eigenvalue weighted by Crippen LogP contribution is 2.23. The van der Waals surface area contributed by atoms with Gasteiger partial charge in [-0.1, -0.05) is 13.8 Å². The highest BCUT2D eigenvalue weighted by Gasteiger charge is 2.08. The number of hydrogen-bond donors (Lipinski definition) is 2. The van der Waals surface area contributed by atoms with Gasteiger partial charge in [-0.05, 0) is 37.3 Å². The quantitative estimate of drug-likeness (QED) is 0.680. The third-order valence-corrected chi connectivity index (χ3v) is 2.97. The van der Waals surface area contributed by atoms with E-state index < -0.39 is 0 Å². The second-order valence-electron chi connectivity index (χ2n) is 5.47. The van der Waals surface area contributed by atoms with E-state index >= 15 is 0 Å². The summed E-state index contributed by atoms with van der Waals surface area (Å²) in [5.41, 5.74) is 6.45. The van der Waals surface area contributed by atoms with Gasteiger partial charge in [0, 0.05) is 20.2 Å². The fraction of sp³-hybridized carbons (Fsp3) is 0.667. The minimum atomic E-state index is 0.261. The lowest BCUT2D eigenvalue weighted by Crippen LogP contribution is -2.20. The molecule has 3 N–H and O–H groups in total. The molecule has 0 aliphatic heterocycles. The number of aliphatic hydroxyl groups is 1. The van der Waals surface area contributed by atoms with Crippen LogP contribution >= 0.6 is 0 Å². The van der Waals surface area contributed by atoms with Crippen molar-refractivity contribution in [2.75, 3.05) is 37.4 Å². The topological polar surface area (TPSA) is 71.6 Å². The van der Waals surface area contributed by atoms with Gasteiger partial charge in [-0.2, -0.15) is 4.98 Å². The molecule has 0 saturated heterocycles. The van der Waals surface area contributed by atoms with Crippen LogP contribution in [0.4, 0.5) is 11.5 Å². The molecule has 5 heteroatoms. The zero-order chi connectivity index (χ0) is 15.0. The minimum Gasteiger partial charge on any atom is -0.476 e. The molecule has 0 unspecified atom stereocenters. The molecule has 20 heavy (non-hydrogen) atoms. The molecule has 1 aromatic heterocycles. The Morgan fingerprint density at radius 3 is 2.70 bits per heavy atom. The zero-order valence-corrected chi connectivity index (χ0v) is 12.8. The van der Waals surface area contributed by atoms with Gasteiger partial charge in [0.1, 0.15) is 5.82 Å². The second kappa shape index (κ2) is 8.64. The van der Waals surface area contributed by atoms with Crippen LogP contribution in [-0.4, -0.2) is 36.9 Å². The summed E-state index contributed by atoms with van der Waals surface area (Å²) >= 11 is 0. The third-order valence-electron chi connectivity index (χ3n) is 2.97. The molecule has 0 aliphatic carbocycles. The lowest BCUT2D eigenvalue weighted by molar-refractivity contribution is 0.263. The van der Waals surface area contributed by atoms with Gasteiger partial charge < -0.3 is 20.5 Å². The van der Waals surface area contributed by atoms with Crippen LogP contribution in [0.1, 0.15) is 33.1 Å². The zero-order valence-electron chi connectivity index (χ0n) is 12.8. The number of hydrogen-bond acceptors (Lipinski definition) is 5. The fourth-order valence-electron chi connectivity index (χ4n) is 1.77. The summed E-state index contributed by atoms with van der Waals surface area (Å²) in [6.45, 7) is 5.96. The molecule has 0 saturated carbocycles. The summed E-state index contributed by atoms with van der Waals surface area (Å²) in [6.07, 6.45) is 2.91. The van der Waals surface area contributed by atoms with Gasteiger partial charge in [-0.15, -0.1) is 0 Å². The minimum absolute atomic E-state index is 0.261. The number of ether oxygens (including phenoxy) is 1. The summed E-state index contributed by atoms with van der Waals surface area (Å²) in [5.74, 6) is 1.82. The van der Waals surface area contributed by atoms with Crippen molar-refractivity contribution in [1.29, 1.82) is 0 Å². The molecule has 5 nitrogen and oxygen atoms in total. The van der Waals surface area contributed by atoms with Crippen molar-refractivity contribution < 1.29 is 9.84 Å². The highest BCUT2D eigenvalue weighted by molar-refractivity contribution is 5.54. The summed E-state index contributed by atoms with van der Waals surface area (Å²) in [4.78, 5) is 6.55. The van der Waals surface area contributed by atoms with E-state index in [9.17, 15) is 0 Å². The number of rotatable bonds is 9. The Bertz CT molecular complexity index is 397. The molecule has 0 aromatic carbocycles. The van der Waals surface area contributed by atoms with Crippen LogP contribution in [0.25, 0.3) is 0 Å². The molecule has 0 spiro atoms. The SMILES string of the molecule is CC(C)COc1nc(N(C)CCCCCO)ccc1N. The van der Waals surface area contributed by atoms with Gasteiger partial charge >= 0.3 is 0 Å². The summed E-state index contributed by atoms with van der Waals surface area (Å²) in [6, 6.07) is 3.74. The normalized spacial score (nSPS) is 10.8. The van der Waals surface area contributed by atoms with Crippen molar-refractivity contribution in [3.8, 4) is 5.88 Å². The number of nitrogens with two attached hydrogens (primary N) is 1. The maximum Gasteiger partial charge on any atom is 0.239 e. The first-order chi connectivity index (χ1) is 9.54. The van der Waals surface area contributed by atoms with Gasteiger partial charge in [-0.25, -0.2) is 0 Å². The van der Waals surface area contributed by atoms with Crippen LogP contribution in [0.5, 0.6) is 5.88 Å². The Labute approximate surface area is 121 Å². The first-order valence-electron chi connectivity index (χ1n) is 7.26. The number of anilines is 2. The van der Waals surface area contributed by atoms with Crippen LogP contribution in [0.2, 0.25) is 0 Å². The van der Waals surface area contributed by atoms with E-state index in [0.29, 0.717) is 24.1 Å². The van der Waals surface area contributed by atoms with Gasteiger partial charge in [-0.3, -0.25) is 0 Å². The molecular weight excluding hydrogens is 254 g/mol. The molecule has 1 heterocycles. The van der Waals surface area contributed by atoms with Crippen molar-refractivity contribution >= 4 is 11.5 Å². The van der Waals surface area contributed by atoms with Crippen LogP contribution < -0.4 is 15.4 Å². The number of nitrogen functional groups attached to an aromatic ring is 1. The predicted octanol–water partition coefficient (Wildman–Crippen LogP) is 2.30. The van der Waals surface area contributed by atoms with Crippen LogP contribution in [0, 0.1) is 5.92 Å². The van der Waals surface area contributed by atoms with Crippen molar-refractivity contribution in [2.45, 2.75) is 33.1 Å². The molecule has 0 amide bonds. The van der Waals surface area contributed by atoms with E-state index in [1.165, 1.54) is 0 Å². The first kappa shape index (κ1) is 16.6. The van der Waals surface area contributed by atoms with E-state index in [2.05, 4.69) is 23.7 Å². The van der Waals surface area contributed by atoms with Crippen LogP contribution in [-0.2, 0) is 0 Å². The van der Waals surface area contributed by atoms with E-state index in [4.69, 9.17) is 15.6 Å². The predicted molar refractivity (Wildman–Crippen MR) is 83.2 cm³/mol. The number of pyridine rings is 1. The fourth-order valence-corrected chi connectivity index (χ4v) is 1.77. The molecule has 0 aliphatic rings. The van der Waals surface area contributed by atoms with Gasteiger partial charge in [0.15, 0.2) is 0 Å². The van der Waals surface area contributed by atoms with Crippen LogP contribution in [0.3, 0.4) is 0 Å². The Balaban J connectivity index is 2.58. The highest BCUT2D eigenvalue weighted by atomic mass is 16.5. The lowest BCUT2D eigenvalue weighted by Gasteiger charge is -2.19. The van der Waals surface area contributed by atoms with Crippen molar-refractivity contribution in [3.05, 3.63) is 12.1 Å². The summed E-state index contributed by atoms with van der Waals surface area (Å²) < 4.78 is 5.64. The molecule has 0 fully saturated rings. The number of aliphatic hydroxyl groups excluding tert-OH is 1. The maximum absolute atomic E-state index is 8.76. The largest absolute Gasteiger partial charge is 0.476 e. The summed E-state index contributed by atoms with van der Waals surface area (Å²) in [5, 5.41) is 8.76. The molecular formula is C15H27N3O2. The number of nitrogens with zero attached hydrogens (tertiary/aromatic N) is 2. The van der Waals surface area contributed by atoms with E-state index in [-0.39, 0.29) is 6.61 Å². The van der Waals surface area contributed by atoms with Crippen molar-refractivity contribution in [1.82, 2.24) is 4.98 Å². The standard InChI is InChI=1S/C15H27N3O2/c1-12(2)11-20-15-13(16)7-8-14(17-15)18(3)9-5-4-6-10-19/h7-8,12,19H,4-6,9-11,16H2,1-3H3. The maximum atomic E-state index is 8.76. The molecule has 114 valence electrons. The van der Waals surface area contributed by atoms with Crippen molar-refractivity contribution in [2.24, 2.45) is 5.92 Å². The lowest BCUT2D eigenvalue weighted by atomic mass is 10.2. The number of aromatic nitrogens is 1. The number of unbranched alkanes of at least 4 members (excludes halogenated alkanes) is 2. The smallest absolute Gasteiger partial charge is 0.239 e. The van der Waals surface area contributed by atoms with Crippen LogP contribution in [0.15, 0.2) is 12.1 Å². The van der Waals surface area contributed by atoms with Gasteiger partial charge in [0.25, 0.3) is 0 Å². The third kappa shape index (κ3) is 5.65. The molecule has 0 atom stereocenters. The molecule has 0 radical (unpaired) electrons. The second-order valence-corrected chi connectivity index (χ2v) is 5.47. The van der Waals surface area contributed by atoms with E-state index in [1.807, 2.05) is 19.2 Å². The monoisotopic (exact) mass is 281 g/mol. The average Bonchev–Trinajstić information content (AvgIpc) is 2.42. The van der Waals surface area contributed by atoms with Gasteiger partial charge in [0.2, 0.25) is 5.88 Å². The molecule has 1 rings (SSSR count).